The lowest BCUT2D eigenvalue weighted by Gasteiger charge is -2.36. The average molecular weight is 326 g/mol. The van der Waals surface area contributed by atoms with Crippen molar-refractivity contribution in [1.82, 2.24) is 14.9 Å². The van der Waals surface area contributed by atoms with E-state index in [9.17, 15) is 4.79 Å². The number of benzene rings is 1. The van der Waals surface area contributed by atoms with Gasteiger partial charge in [-0.3, -0.25) is 4.79 Å². The summed E-state index contributed by atoms with van der Waals surface area (Å²) in [6.07, 6.45) is 1.63. The minimum absolute atomic E-state index is 0.00665. The maximum atomic E-state index is 12.7. The predicted molar refractivity (Wildman–Crippen MR) is 92.6 cm³/mol. The van der Waals surface area contributed by atoms with Crippen LogP contribution in [-0.2, 0) is 0 Å². The summed E-state index contributed by atoms with van der Waals surface area (Å²) in [5.74, 6) is 1.55. The van der Waals surface area contributed by atoms with Crippen LogP contribution in [0, 0.1) is 13.8 Å². The first-order chi connectivity index (χ1) is 11.6. The first-order valence-corrected chi connectivity index (χ1v) is 8.07. The standard InChI is InChI=1S/C18H22N4O2/c1-13-15(12-19-14(2)20-13)18(23)22-10-8-21(9-11-22)16-6-4-5-7-17(16)24-3/h4-7,12H,8-11H2,1-3H3. The maximum Gasteiger partial charge on any atom is 0.257 e. The van der Waals surface area contributed by atoms with Gasteiger partial charge in [0.1, 0.15) is 11.6 Å². The van der Waals surface area contributed by atoms with Gasteiger partial charge in [-0.1, -0.05) is 12.1 Å². The molecule has 1 aliphatic heterocycles. The molecule has 1 amide bonds. The molecule has 3 rings (SSSR count). The van der Waals surface area contributed by atoms with Gasteiger partial charge in [-0.25, -0.2) is 9.97 Å². The molecule has 2 aromatic rings. The number of carbonyl (C=O) groups is 1. The van der Waals surface area contributed by atoms with Gasteiger partial charge in [0.15, 0.2) is 0 Å². The topological polar surface area (TPSA) is 58.6 Å². The van der Waals surface area contributed by atoms with E-state index in [-0.39, 0.29) is 5.91 Å². The fourth-order valence-electron chi connectivity index (χ4n) is 3.00. The van der Waals surface area contributed by atoms with Crippen molar-refractivity contribution in [3.05, 3.63) is 47.5 Å². The summed E-state index contributed by atoms with van der Waals surface area (Å²) < 4.78 is 5.43. The Morgan fingerprint density at radius 1 is 1.12 bits per heavy atom. The minimum atomic E-state index is 0.00665. The van der Waals surface area contributed by atoms with Crippen LogP contribution in [0.1, 0.15) is 21.9 Å². The van der Waals surface area contributed by atoms with Crippen molar-refractivity contribution in [2.45, 2.75) is 13.8 Å². The fraction of sp³-hybridized carbons (Fsp3) is 0.389. The van der Waals surface area contributed by atoms with Crippen LogP contribution in [0.25, 0.3) is 0 Å². The van der Waals surface area contributed by atoms with Gasteiger partial charge in [0.25, 0.3) is 5.91 Å². The first-order valence-electron chi connectivity index (χ1n) is 8.07. The number of methoxy groups -OCH3 is 1. The molecule has 1 aromatic heterocycles. The van der Waals surface area contributed by atoms with Crippen LogP contribution in [0.15, 0.2) is 30.5 Å². The highest BCUT2D eigenvalue weighted by Crippen LogP contribution is 2.28. The number of para-hydroxylation sites is 2. The summed E-state index contributed by atoms with van der Waals surface area (Å²) in [6.45, 7) is 6.57. The highest BCUT2D eigenvalue weighted by atomic mass is 16.5. The van der Waals surface area contributed by atoms with E-state index in [2.05, 4.69) is 14.9 Å². The second-order valence-electron chi connectivity index (χ2n) is 5.87. The molecule has 1 saturated heterocycles. The lowest BCUT2D eigenvalue weighted by atomic mass is 10.1. The Hall–Kier alpha value is -2.63. The molecule has 0 saturated carbocycles. The Morgan fingerprint density at radius 2 is 1.83 bits per heavy atom. The normalized spacial score (nSPS) is 14.6. The van der Waals surface area contributed by atoms with E-state index in [0.29, 0.717) is 24.5 Å². The van der Waals surface area contributed by atoms with Gasteiger partial charge in [0.2, 0.25) is 0 Å². The molecule has 1 aliphatic rings. The zero-order valence-electron chi connectivity index (χ0n) is 14.3. The highest BCUT2D eigenvalue weighted by Gasteiger charge is 2.25. The molecule has 6 nitrogen and oxygen atoms in total. The number of piperazine rings is 1. The van der Waals surface area contributed by atoms with Crippen molar-refractivity contribution in [1.29, 1.82) is 0 Å². The third kappa shape index (κ3) is 3.18. The first kappa shape index (κ1) is 16.2. The summed E-state index contributed by atoms with van der Waals surface area (Å²) in [5, 5.41) is 0. The molecule has 24 heavy (non-hydrogen) atoms. The molecule has 1 aromatic carbocycles. The summed E-state index contributed by atoms with van der Waals surface area (Å²) in [7, 11) is 1.68. The maximum absolute atomic E-state index is 12.7. The zero-order valence-corrected chi connectivity index (χ0v) is 14.3. The Labute approximate surface area is 142 Å². The van der Waals surface area contributed by atoms with Crippen LogP contribution in [0.4, 0.5) is 5.69 Å². The number of hydrogen-bond acceptors (Lipinski definition) is 5. The summed E-state index contributed by atoms with van der Waals surface area (Å²) >= 11 is 0. The van der Waals surface area contributed by atoms with Crippen molar-refractivity contribution >= 4 is 11.6 Å². The monoisotopic (exact) mass is 326 g/mol. The smallest absolute Gasteiger partial charge is 0.257 e. The van der Waals surface area contributed by atoms with Crippen molar-refractivity contribution in [3.8, 4) is 5.75 Å². The fourth-order valence-corrected chi connectivity index (χ4v) is 3.00. The molecule has 0 atom stereocenters. The van der Waals surface area contributed by atoms with Crippen LogP contribution in [0.5, 0.6) is 5.75 Å². The van der Waals surface area contributed by atoms with Gasteiger partial charge in [0, 0.05) is 32.4 Å². The number of anilines is 1. The second-order valence-corrected chi connectivity index (χ2v) is 5.87. The van der Waals surface area contributed by atoms with E-state index in [4.69, 9.17) is 4.74 Å². The summed E-state index contributed by atoms with van der Waals surface area (Å²) in [4.78, 5) is 25.3. The van der Waals surface area contributed by atoms with Crippen molar-refractivity contribution < 1.29 is 9.53 Å². The molecular formula is C18H22N4O2. The molecule has 0 aliphatic carbocycles. The van der Waals surface area contributed by atoms with E-state index in [1.165, 1.54) is 0 Å². The van der Waals surface area contributed by atoms with Gasteiger partial charge in [0.05, 0.1) is 24.1 Å². The van der Waals surface area contributed by atoms with E-state index >= 15 is 0 Å². The third-order valence-electron chi connectivity index (χ3n) is 4.32. The molecule has 1 fully saturated rings. The van der Waals surface area contributed by atoms with Gasteiger partial charge >= 0.3 is 0 Å². The van der Waals surface area contributed by atoms with Crippen LogP contribution < -0.4 is 9.64 Å². The number of amides is 1. The predicted octanol–water partition coefficient (Wildman–Crippen LogP) is 2.06. The molecule has 0 radical (unpaired) electrons. The van der Waals surface area contributed by atoms with Gasteiger partial charge in [-0.2, -0.15) is 0 Å². The Morgan fingerprint density at radius 3 is 2.50 bits per heavy atom. The number of hydrogen-bond donors (Lipinski definition) is 0. The van der Waals surface area contributed by atoms with Crippen molar-refractivity contribution in [2.24, 2.45) is 0 Å². The van der Waals surface area contributed by atoms with Crippen LogP contribution >= 0.6 is 0 Å². The largest absolute Gasteiger partial charge is 0.495 e. The van der Waals surface area contributed by atoms with Crippen LogP contribution in [0.3, 0.4) is 0 Å². The summed E-state index contributed by atoms with van der Waals surface area (Å²) in [6, 6.07) is 7.97. The molecular weight excluding hydrogens is 304 g/mol. The Kier molecular flexibility index (Phi) is 4.64. The quantitative estimate of drug-likeness (QED) is 0.864. The minimum Gasteiger partial charge on any atom is -0.495 e. The highest BCUT2D eigenvalue weighted by molar-refractivity contribution is 5.95. The van der Waals surface area contributed by atoms with Crippen molar-refractivity contribution in [3.63, 3.8) is 0 Å². The van der Waals surface area contributed by atoms with E-state index in [1.807, 2.05) is 43.0 Å². The molecule has 0 spiro atoms. The molecule has 126 valence electrons. The van der Waals surface area contributed by atoms with Crippen LogP contribution in [-0.4, -0.2) is 54.1 Å². The molecule has 0 bridgehead atoms. The number of ether oxygens (including phenoxy) is 1. The van der Waals surface area contributed by atoms with Gasteiger partial charge in [-0.05, 0) is 26.0 Å². The lowest BCUT2D eigenvalue weighted by molar-refractivity contribution is 0.0745. The summed E-state index contributed by atoms with van der Waals surface area (Å²) in [5.41, 5.74) is 2.40. The van der Waals surface area contributed by atoms with E-state index in [1.54, 1.807) is 13.3 Å². The number of carbonyl (C=O) groups excluding carboxylic acids is 1. The molecule has 0 N–H and O–H groups in total. The van der Waals surface area contributed by atoms with E-state index in [0.717, 1.165) is 30.2 Å². The number of nitrogens with zero attached hydrogens (tertiary/aromatic N) is 4. The second kappa shape index (κ2) is 6.86. The zero-order chi connectivity index (χ0) is 17.1. The Bertz CT molecular complexity index is 740. The number of aryl methyl sites for hydroxylation is 2. The number of aromatic nitrogens is 2. The van der Waals surface area contributed by atoms with Crippen molar-refractivity contribution in [2.75, 3.05) is 38.2 Å². The molecule has 0 unspecified atom stereocenters. The Balaban J connectivity index is 1.69. The van der Waals surface area contributed by atoms with Gasteiger partial charge in [-0.15, -0.1) is 0 Å². The SMILES string of the molecule is COc1ccccc1N1CCN(C(=O)c2cnc(C)nc2C)CC1. The molecule has 2 heterocycles. The lowest BCUT2D eigenvalue weighted by Crippen LogP contribution is -2.49. The third-order valence-corrected chi connectivity index (χ3v) is 4.32. The molecule has 6 heteroatoms. The van der Waals surface area contributed by atoms with Crippen LogP contribution in [0.2, 0.25) is 0 Å². The van der Waals surface area contributed by atoms with E-state index < -0.39 is 0 Å². The van der Waals surface area contributed by atoms with Gasteiger partial charge < -0.3 is 14.5 Å². The average Bonchev–Trinajstić information content (AvgIpc) is 2.61. The number of rotatable bonds is 3.